The summed E-state index contributed by atoms with van der Waals surface area (Å²) in [5.41, 5.74) is 3.60. The van der Waals surface area contributed by atoms with Gasteiger partial charge in [-0.25, -0.2) is 0 Å². The maximum atomic E-state index is 12.2. The van der Waals surface area contributed by atoms with Gasteiger partial charge in [0.15, 0.2) is 0 Å². The lowest BCUT2D eigenvalue weighted by molar-refractivity contribution is -0.138. The van der Waals surface area contributed by atoms with Crippen molar-refractivity contribution in [1.82, 2.24) is 4.90 Å². The number of hydrogen-bond donors (Lipinski definition) is 1. The van der Waals surface area contributed by atoms with Crippen LogP contribution < -0.4 is 5.32 Å². The van der Waals surface area contributed by atoms with E-state index in [1.54, 1.807) is 0 Å². The molecule has 1 saturated heterocycles. The Hall–Kier alpha value is -2.17. The molecule has 1 aromatic rings. The Kier molecular flexibility index (Phi) is 4.21. The number of amides is 3. The highest BCUT2D eigenvalue weighted by atomic mass is 16.2. The SMILES string of the molecule is CC1(C)CC(C)(C)c2cc(NC(=O)CCN3C(=O)CCC3=O)ccc21. The lowest BCUT2D eigenvalue weighted by Crippen LogP contribution is -2.32. The van der Waals surface area contributed by atoms with Crippen LogP contribution in [0.4, 0.5) is 5.69 Å². The van der Waals surface area contributed by atoms with E-state index in [1.165, 1.54) is 16.0 Å². The minimum atomic E-state index is -0.181. The van der Waals surface area contributed by atoms with Gasteiger partial charge in [0.1, 0.15) is 0 Å². The molecule has 1 aliphatic heterocycles. The fourth-order valence-corrected chi connectivity index (χ4v) is 4.38. The Morgan fingerprint density at radius 1 is 1.04 bits per heavy atom. The molecule has 0 spiro atoms. The van der Waals surface area contributed by atoms with Crippen molar-refractivity contribution in [2.75, 3.05) is 11.9 Å². The highest BCUT2D eigenvalue weighted by Gasteiger charge is 2.41. The fourth-order valence-electron chi connectivity index (χ4n) is 4.38. The molecule has 1 N–H and O–H groups in total. The molecule has 0 aromatic heterocycles. The topological polar surface area (TPSA) is 66.5 Å². The standard InChI is InChI=1S/C20H26N2O3/c1-19(2)12-20(3,4)15-11-13(5-6-14(15)19)21-16(23)9-10-22-17(24)7-8-18(22)25/h5-6,11H,7-10,12H2,1-4H3,(H,21,23). The third kappa shape index (κ3) is 3.32. The van der Waals surface area contributed by atoms with Crippen LogP contribution in [0.2, 0.25) is 0 Å². The van der Waals surface area contributed by atoms with Crippen LogP contribution in [0.1, 0.15) is 64.5 Å². The zero-order chi connectivity index (χ0) is 18.4. The molecule has 0 atom stereocenters. The Labute approximate surface area is 148 Å². The van der Waals surface area contributed by atoms with Gasteiger partial charge in [0.25, 0.3) is 0 Å². The smallest absolute Gasteiger partial charge is 0.229 e. The zero-order valence-electron chi connectivity index (χ0n) is 15.4. The van der Waals surface area contributed by atoms with Crippen LogP contribution in [0.3, 0.4) is 0 Å². The van der Waals surface area contributed by atoms with Crippen LogP contribution in [0.5, 0.6) is 0 Å². The van der Waals surface area contributed by atoms with Crippen molar-refractivity contribution in [1.29, 1.82) is 0 Å². The summed E-state index contributed by atoms with van der Waals surface area (Å²) in [5.74, 6) is -0.541. The highest BCUT2D eigenvalue weighted by Crippen LogP contribution is 2.49. The van der Waals surface area contributed by atoms with Crippen LogP contribution in [0.25, 0.3) is 0 Å². The number of benzene rings is 1. The van der Waals surface area contributed by atoms with Crippen molar-refractivity contribution < 1.29 is 14.4 Å². The number of fused-ring (bicyclic) bond motifs is 1. The summed E-state index contributed by atoms with van der Waals surface area (Å²) >= 11 is 0. The number of nitrogens with zero attached hydrogens (tertiary/aromatic N) is 1. The molecule has 0 radical (unpaired) electrons. The van der Waals surface area contributed by atoms with Crippen LogP contribution in [0.15, 0.2) is 18.2 Å². The molecule has 0 bridgehead atoms. The van der Waals surface area contributed by atoms with Gasteiger partial charge in [-0.2, -0.15) is 0 Å². The number of carbonyl (C=O) groups excluding carboxylic acids is 3. The number of carbonyl (C=O) groups is 3. The van der Waals surface area contributed by atoms with Gasteiger partial charge in [0, 0.05) is 31.5 Å². The average molecular weight is 342 g/mol. The van der Waals surface area contributed by atoms with Crippen LogP contribution in [0, 0.1) is 0 Å². The minimum absolute atomic E-state index is 0.0773. The van der Waals surface area contributed by atoms with Gasteiger partial charge in [0.2, 0.25) is 17.7 Å². The zero-order valence-corrected chi connectivity index (χ0v) is 15.4. The van der Waals surface area contributed by atoms with Crippen LogP contribution >= 0.6 is 0 Å². The Morgan fingerprint density at radius 2 is 1.64 bits per heavy atom. The monoisotopic (exact) mass is 342 g/mol. The van der Waals surface area contributed by atoms with Crippen LogP contribution in [-0.4, -0.2) is 29.2 Å². The van der Waals surface area contributed by atoms with E-state index in [9.17, 15) is 14.4 Å². The molecule has 3 rings (SSSR count). The number of anilines is 1. The number of imide groups is 1. The number of likely N-dealkylation sites (tertiary alicyclic amines) is 1. The van der Waals surface area contributed by atoms with E-state index in [0.29, 0.717) is 0 Å². The maximum absolute atomic E-state index is 12.2. The number of rotatable bonds is 4. The number of hydrogen-bond acceptors (Lipinski definition) is 3. The summed E-state index contributed by atoms with van der Waals surface area (Å²) in [6, 6.07) is 6.10. The van der Waals surface area contributed by atoms with Crippen molar-refractivity contribution in [3.63, 3.8) is 0 Å². The number of nitrogens with one attached hydrogen (secondary N) is 1. The second kappa shape index (κ2) is 5.97. The van der Waals surface area contributed by atoms with Crippen molar-refractivity contribution in [2.24, 2.45) is 0 Å². The largest absolute Gasteiger partial charge is 0.326 e. The molecule has 2 aliphatic rings. The summed E-state index contributed by atoms with van der Waals surface area (Å²) in [6.45, 7) is 9.13. The van der Waals surface area contributed by atoms with Crippen molar-refractivity contribution >= 4 is 23.4 Å². The van der Waals surface area contributed by atoms with Crippen molar-refractivity contribution in [3.05, 3.63) is 29.3 Å². The Bertz CT molecular complexity index is 733. The summed E-state index contributed by atoms with van der Waals surface area (Å²) < 4.78 is 0. The second-order valence-electron chi connectivity index (χ2n) is 8.44. The van der Waals surface area contributed by atoms with Gasteiger partial charge >= 0.3 is 0 Å². The average Bonchev–Trinajstić information content (AvgIpc) is 2.91. The van der Waals surface area contributed by atoms with Gasteiger partial charge in [-0.3, -0.25) is 19.3 Å². The van der Waals surface area contributed by atoms with E-state index in [1.807, 2.05) is 6.07 Å². The molecule has 25 heavy (non-hydrogen) atoms. The first-order chi connectivity index (χ1) is 11.6. The molecule has 134 valence electrons. The van der Waals surface area contributed by atoms with Crippen molar-refractivity contribution in [3.8, 4) is 0 Å². The molecule has 1 aromatic carbocycles. The molecular formula is C20H26N2O3. The van der Waals surface area contributed by atoms with Gasteiger partial charge in [-0.1, -0.05) is 33.8 Å². The quantitative estimate of drug-likeness (QED) is 0.855. The van der Waals surface area contributed by atoms with E-state index in [2.05, 4.69) is 45.1 Å². The first kappa shape index (κ1) is 17.6. The van der Waals surface area contributed by atoms with Gasteiger partial charge in [0.05, 0.1) is 0 Å². The van der Waals surface area contributed by atoms with E-state index < -0.39 is 0 Å². The third-order valence-corrected chi connectivity index (χ3v) is 5.36. The van der Waals surface area contributed by atoms with E-state index in [0.717, 1.165) is 12.1 Å². The summed E-state index contributed by atoms with van der Waals surface area (Å²) in [4.78, 5) is 36.6. The molecule has 0 saturated carbocycles. The molecule has 5 heteroatoms. The van der Waals surface area contributed by atoms with Crippen molar-refractivity contribution in [2.45, 2.75) is 64.2 Å². The summed E-state index contributed by atoms with van der Waals surface area (Å²) in [7, 11) is 0. The second-order valence-corrected chi connectivity index (χ2v) is 8.44. The molecule has 1 heterocycles. The summed E-state index contributed by atoms with van der Waals surface area (Å²) in [6.07, 6.45) is 1.72. The Morgan fingerprint density at radius 3 is 2.28 bits per heavy atom. The normalized spacial score (nSPS) is 20.7. The molecule has 1 fully saturated rings. The van der Waals surface area contributed by atoms with Gasteiger partial charge in [-0.05, 0) is 40.5 Å². The molecule has 0 unspecified atom stereocenters. The highest BCUT2D eigenvalue weighted by molar-refractivity contribution is 6.02. The lowest BCUT2D eigenvalue weighted by atomic mass is 9.82. The lowest BCUT2D eigenvalue weighted by Gasteiger charge is -2.22. The summed E-state index contributed by atoms with van der Waals surface area (Å²) in [5, 5.41) is 2.90. The molecule has 5 nitrogen and oxygen atoms in total. The fraction of sp³-hybridized carbons (Fsp3) is 0.550. The predicted octanol–water partition coefficient (Wildman–Crippen LogP) is 3.12. The van der Waals surface area contributed by atoms with E-state index >= 15 is 0 Å². The first-order valence-electron chi connectivity index (χ1n) is 8.88. The van der Waals surface area contributed by atoms with E-state index in [-0.39, 0.29) is 54.4 Å². The van der Waals surface area contributed by atoms with E-state index in [4.69, 9.17) is 0 Å². The predicted molar refractivity (Wildman–Crippen MR) is 96.3 cm³/mol. The van der Waals surface area contributed by atoms with Gasteiger partial charge < -0.3 is 5.32 Å². The molecule has 3 amide bonds. The third-order valence-electron chi connectivity index (χ3n) is 5.36. The Balaban J connectivity index is 1.67. The maximum Gasteiger partial charge on any atom is 0.229 e. The van der Waals surface area contributed by atoms with Gasteiger partial charge in [-0.15, -0.1) is 0 Å². The van der Waals surface area contributed by atoms with Crippen LogP contribution in [-0.2, 0) is 25.2 Å². The molecule has 1 aliphatic carbocycles. The first-order valence-corrected chi connectivity index (χ1v) is 8.88. The minimum Gasteiger partial charge on any atom is -0.326 e. The molecular weight excluding hydrogens is 316 g/mol.